The summed E-state index contributed by atoms with van der Waals surface area (Å²) in [5, 5.41) is 7.65. The Labute approximate surface area is 149 Å². The first-order valence-electron chi connectivity index (χ1n) is 7.77. The Hall–Kier alpha value is -2.40. The molecular formula is C19H18BrN3O. The zero-order valence-electron chi connectivity index (χ0n) is 13.5. The zero-order chi connectivity index (χ0) is 17.1. The number of anilines is 1. The van der Waals surface area contributed by atoms with Crippen LogP contribution in [0.15, 0.2) is 65.1 Å². The maximum Gasteiger partial charge on any atom is 0.228 e. The molecule has 4 nitrogen and oxygen atoms in total. The summed E-state index contributed by atoms with van der Waals surface area (Å²) in [5.74, 6) is 0.529. The van der Waals surface area contributed by atoms with Crippen LogP contribution < -0.4 is 5.32 Å². The lowest BCUT2D eigenvalue weighted by atomic mass is 10.1. The third-order valence-corrected chi connectivity index (χ3v) is 4.10. The maximum atomic E-state index is 12.1. The van der Waals surface area contributed by atoms with Gasteiger partial charge < -0.3 is 5.32 Å². The molecular weight excluding hydrogens is 366 g/mol. The smallest absolute Gasteiger partial charge is 0.228 e. The molecule has 1 heterocycles. The second kappa shape index (κ2) is 7.01. The molecule has 5 heteroatoms. The number of aromatic nitrogens is 2. The van der Waals surface area contributed by atoms with Crippen LogP contribution in [0.3, 0.4) is 0 Å². The average molecular weight is 384 g/mol. The molecule has 1 N–H and O–H groups in total. The van der Waals surface area contributed by atoms with Crippen LogP contribution in [0.4, 0.5) is 5.82 Å². The minimum atomic E-state index is -0.0987. The number of nitrogens with one attached hydrogen (secondary N) is 1. The molecule has 0 saturated carbocycles. The predicted octanol–water partition coefficient (Wildman–Crippen LogP) is 4.90. The fraction of sp³-hybridized carbons (Fsp3) is 0.158. The van der Waals surface area contributed by atoms with Crippen molar-refractivity contribution < 1.29 is 4.79 Å². The lowest BCUT2D eigenvalue weighted by Gasteiger charge is -2.10. The van der Waals surface area contributed by atoms with Crippen molar-refractivity contribution in [3.63, 3.8) is 0 Å². The minimum absolute atomic E-state index is 0.0344. The number of hydrogen-bond acceptors (Lipinski definition) is 2. The molecule has 0 aliphatic carbocycles. The van der Waals surface area contributed by atoms with Crippen molar-refractivity contribution >= 4 is 27.7 Å². The van der Waals surface area contributed by atoms with Gasteiger partial charge in [0.1, 0.15) is 5.82 Å². The van der Waals surface area contributed by atoms with Crippen LogP contribution in [0, 0.1) is 5.92 Å². The number of benzene rings is 2. The van der Waals surface area contributed by atoms with Crippen LogP contribution in [0.25, 0.3) is 16.9 Å². The average Bonchev–Trinajstić information content (AvgIpc) is 2.99. The highest BCUT2D eigenvalue weighted by atomic mass is 79.9. The fourth-order valence-electron chi connectivity index (χ4n) is 2.30. The van der Waals surface area contributed by atoms with Gasteiger partial charge in [0.2, 0.25) is 5.91 Å². The molecule has 3 rings (SSSR count). The normalized spacial score (nSPS) is 10.8. The van der Waals surface area contributed by atoms with Crippen LogP contribution in [0.1, 0.15) is 13.8 Å². The van der Waals surface area contributed by atoms with Gasteiger partial charge in [-0.1, -0.05) is 60.1 Å². The van der Waals surface area contributed by atoms with Crippen molar-refractivity contribution in [2.75, 3.05) is 5.32 Å². The van der Waals surface area contributed by atoms with Crippen LogP contribution in [0.5, 0.6) is 0 Å². The van der Waals surface area contributed by atoms with Crippen molar-refractivity contribution in [2.45, 2.75) is 13.8 Å². The molecule has 1 aromatic heterocycles. The Kier molecular flexibility index (Phi) is 4.81. The van der Waals surface area contributed by atoms with Crippen LogP contribution in [-0.4, -0.2) is 15.7 Å². The SMILES string of the molecule is CC(C)C(=O)Nc1cc(-c2cccc(Br)c2)nn1-c1ccccc1. The summed E-state index contributed by atoms with van der Waals surface area (Å²) in [4.78, 5) is 12.1. The zero-order valence-corrected chi connectivity index (χ0v) is 15.1. The molecule has 24 heavy (non-hydrogen) atoms. The summed E-state index contributed by atoms with van der Waals surface area (Å²) >= 11 is 3.48. The van der Waals surface area contributed by atoms with Crippen molar-refractivity contribution in [3.8, 4) is 16.9 Å². The van der Waals surface area contributed by atoms with E-state index in [0.29, 0.717) is 5.82 Å². The molecule has 1 amide bonds. The van der Waals surface area contributed by atoms with E-state index in [0.717, 1.165) is 21.4 Å². The van der Waals surface area contributed by atoms with E-state index >= 15 is 0 Å². The van der Waals surface area contributed by atoms with Gasteiger partial charge in [0, 0.05) is 22.0 Å². The first-order valence-corrected chi connectivity index (χ1v) is 8.56. The topological polar surface area (TPSA) is 46.9 Å². The van der Waals surface area contributed by atoms with Gasteiger partial charge in [0.15, 0.2) is 0 Å². The van der Waals surface area contributed by atoms with E-state index < -0.39 is 0 Å². The van der Waals surface area contributed by atoms with Gasteiger partial charge in [-0.15, -0.1) is 0 Å². The van der Waals surface area contributed by atoms with E-state index in [1.54, 1.807) is 4.68 Å². The molecule has 0 spiro atoms. The number of rotatable bonds is 4. The van der Waals surface area contributed by atoms with Gasteiger partial charge in [0.25, 0.3) is 0 Å². The van der Waals surface area contributed by atoms with Gasteiger partial charge in [-0.3, -0.25) is 4.79 Å². The molecule has 2 aromatic carbocycles. The summed E-state index contributed by atoms with van der Waals surface area (Å²) in [5.41, 5.74) is 2.69. The second-order valence-corrected chi connectivity index (χ2v) is 6.73. The minimum Gasteiger partial charge on any atom is -0.310 e. The first kappa shape index (κ1) is 16.5. The molecule has 0 aliphatic heterocycles. The molecule has 0 aliphatic rings. The van der Waals surface area contributed by atoms with E-state index in [2.05, 4.69) is 26.3 Å². The second-order valence-electron chi connectivity index (χ2n) is 5.82. The Morgan fingerprint density at radius 3 is 2.50 bits per heavy atom. The van der Waals surface area contributed by atoms with Crippen molar-refractivity contribution in [2.24, 2.45) is 5.92 Å². The quantitative estimate of drug-likeness (QED) is 0.696. The monoisotopic (exact) mass is 383 g/mol. The maximum absolute atomic E-state index is 12.1. The largest absolute Gasteiger partial charge is 0.310 e. The van der Waals surface area contributed by atoms with E-state index in [4.69, 9.17) is 0 Å². The highest BCUT2D eigenvalue weighted by molar-refractivity contribution is 9.10. The third kappa shape index (κ3) is 3.57. The standard InChI is InChI=1S/C19H18BrN3O/c1-13(2)19(24)21-18-12-17(14-7-6-8-15(20)11-14)22-23(18)16-9-4-3-5-10-16/h3-13H,1-2H3,(H,21,24). The number of carbonyl (C=O) groups excluding carboxylic acids is 1. The van der Waals surface area contributed by atoms with E-state index in [1.165, 1.54) is 0 Å². The summed E-state index contributed by atoms with van der Waals surface area (Å²) in [6.45, 7) is 3.74. The van der Waals surface area contributed by atoms with Crippen LogP contribution >= 0.6 is 15.9 Å². The number of amides is 1. The van der Waals surface area contributed by atoms with Crippen LogP contribution in [-0.2, 0) is 4.79 Å². The summed E-state index contributed by atoms with van der Waals surface area (Å²) in [6.07, 6.45) is 0. The molecule has 0 bridgehead atoms. The number of nitrogens with zero attached hydrogens (tertiary/aromatic N) is 2. The van der Waals surface area contributed by atoms with E-state index in [-0.39, 0.29) is 11.8 Å². The van der Waals surface area contributed by atoms with Crippen LogP contribution in [0.2, 0.25) is 0 Å². The molecule has 0 fully saturated rings. The highest BCUT2D eigenvalue weighted by Gasteiger charge is 2.15. The van der Waals surface area contributed by atoms with Gasteiger partial charge >= 0.3 is 0 Å². The van der Waals surface area contributed by atoms with Gasteiger partial charge in [0.05, 0.1) is 11.4 Å². The summed E-state index contributed by atoms with van der Waals surface area (Å²) in [6, 6.07) is 19.6. The predicted molar refractivity (Wildman–Crippen MR) is 100 cm³/mol. The van der Waals surface area contributed by atoms with Crippen molar-refractivity contribution in [1.29, 1.82) is 0 Å². The fourth-order valence-corrected chi connectivity index (χ4v) is 2.69. The number of hydrogen-bond donors (Lipinski definition) is 1. The molecule has 0 radical (unpaired) electrons. The number of halogens is 1. The van der Waals surface area contributed by atoms with Gasteiger partial charge in [-0.25, -0.2) is 4.68 Å². The molecule has 122 valence electrons. The van der Waals surface area contributed by atoms with E-state index in [9.17, 15) is 4.79 Å². The lowest BCUT2D eigenvalue weighted by Crippen LogP contribution is -2.19. The highest BCUT2D eigenvalue weighted by Crippen LogP contribution is 2.27. The number of para-hydroxylation sites is 1. The summed E-state index contributed by atoms with van der Waals surface area (Å²) in [7, 11) is 0. The number of carbonyl (C=O) groups is 1. The van der Waals surface area contributed by atoms with Crippen molar-refractivity contribution in [3.05, 3.63) is 65.1 Å². The Bertz CT molecular complexity index is 856. The lowest BCUT2D eigenvalue weighted by molar-refractivity contribution is -0.118. The third-order valence-electron chi connectivity index (χ3n) is 3.61. The first-order chi connectivity index (χ1) is 11.5. The Morgan fingerprint density at radius 2 is 1.83 bits per heavy atom. The Balaban J connectivity index is 2.07. The van der Waals surface area contributed by atoms with Gasteiger partial charge in [-0.2, -0.15) is 5.10 Å². The van der Waals surface area contributed by atoms with Crippen molar-refractivity contribution in [1.82, 2.24) is 9.78 Å². The van der Waals surface area contributed by atoms with Gasteiger partial charge in [-0.05, 0) is 24.3 Å². The molecule has 0 unspecified atom stereocenters. The van der Waals surface area contributed by atoms with E-state index in [1.807, 2.05) is 74.5 Å². The molecule has 0 atom stereocenters. The molecule has 3 aromatic rings. The summed E-state index contributed by atoms with van der Waals surface area (Å²) < 4.78 is 2.75. The Morgan fingerprint density at radius 1 is 1.08 bits per heavy atom. The molecule has 0 saturated heterocycles.